The number of rotatable bonds is 3. The topological polar surface area (TPSA) is 88.7 Å². The average molecular weight is 294 g/mol. The molecule has 2 rings (SSSR count). The van der Waals surface area contributed by atoms with Gasteiger partial charge in [0.05, 0.1) is 5.69 Å². The van der Waals surface area contributed by atoms with Crippen LogP contribution in [0.15, 0.2) is 6.07 Å². The first-order chi connectivity index (χ1) is 9.92. The molecular formula is C14H22N4O3. The smallest absolute Gasteiger partial charge is 0.354 e. The maximum atomic E-state index is 12.3. The summed E-state index contributed by atoms with van der Waals surface area (Å²) in [5, 5.41) is 11.8. The molecule has 7 heteroatoms. The van der Waals surface area contributed by atoms with Gasteiger partial charge in [-0.1, -0.05) is 6.92 Å². The Morgan fingerprint density at radius 1 is 1.48 bits per heavy atom. The van der Waals surface area contributed by atoms with E-state index in [-0.39, 0.29) is 11.7 Å². The first kappa shape index (κ1) is 15.4. The highest BCUT2D eigenvalue weighted by Gasteiger charge is 2.26. The fourth-order valence-electron chi connectivity index (χ4n) is 2.70. The van der Waals surface area contributed by atoms with E-state index in [9.17, 15) is 9.59 Å². The van der Waals surface area contributed by atoms with Gasteiger partial charge >= 0.3 is 12.0 Å². The number of anilines is 1. The zero-order valence-electron chi connectivity index (χ0n) is 12.6. The number of aromatic amines is 1. The Balaban J connectivity index is 2.04. The highest BCUT2D eigenvalue weighted by atomic mass is 16.4. The van der Waals surface area contributed by atoms with Crippen molar-refractivity contribution in [3.8, 4) is 0 Å². The van der Waals surface area contributed by atoms with Crippen molar-refractivity contribution in [1.82, 2.24) is 14.8 Å². The number of carbonyl (C=O) groups excluding carboxylic acids is 1. The number of aromatic nitrogens is 1. The van der Waals surface area contributed by atoms with Gasteiger partial charge in [0.1, 0.15) is 5.69 Å². The first-order valence-corrected chi connectivity index (χ1v) is 7.15. The van der Waals surface area contributed by atoms with Crippen molar-refractivity contribution in [1.29, 1.82) is 0 Å². The quantitative estimate of drug-likeness (QED) is 0.789. The Bertz CT molecular complexity index is 540. The Morgan fingerprint density at radius 2 is 2.19 bits per heavy atom. The molecule has 0 saturated carbocycles. The van der Waals surface area contributed by atoms with Crippen molar-refractivity contribution in [2.24, 2.45) is 0 Å². The molecule has 1 saturated heterocycles. The van der Waals surface area contributed by atoms with Gasteiger partial charge in [0.2, 0.25) is 0 Å². The van der Waals surface area contributed by atoms with E-state index in [0.717, 1.165) is 13.1 Å². The molecule has 1 aromatic rings. The molecule has 1 fully saturated rings. The van der Waals surface area contributed by atoms with Gasteiger partial charge in [-0.2, -0.15) is 0 Å². The fourth-order valence-corrected chi connectivity index (χ4v) is 2.70. The minimum absolute atomic E-state index is 0.0149. The summed E-state index contributed by atoms with van der Waals surface area (Å²) in [6.45, 7) is 9.05. The number of urea groups is 1. The van der Waals surface area contributed by atoms with Crippen LogP contribution in [0.5, 0.6) is 0 Å². The number of aryl methyl sites for hydroxylation is 1. The lowest BCUT2D eigenvalue weighted by Crippen LogP contribution is -2.54. The van der Waals surface area contributed by atoms with E-state index in [1.54, 1.807) is 17.9 Å². The molecule has 0 spiro atoms. The number of nitrogens with zero attached hydrogens (tertiary/aromatic N) is 2. The second-order valence-electron chi connectivity index (χ2n) is 5.40. The van der Waals surface area contributed by atoms with Crippen LogP contribution in [-0.4, -0.2) is 64.1 Å². The van der Waals surface area contributed by atoms with Crippen LogP contribution in [0.2, 0.25) is 0 Å². The maximum absolute atomic E-state index is 12.3. The molecule has 3 N–H and O–H groups in total. The minimum Gasteiger partial charge on any atom is -0.477 e. The Kier molecular flexibility index (Phi) is 4.52. The van der Waals surface area contributed by atoms with Crippen LogP contribution in [0, 0.1) is 6.92 Å². The Hall–Kier alpha value is -2.02. The SMILES string of the molecule is CCN1CCN(C(=O)Nc2cc(C)[nH]c2C(=O)O)CC1C. The lowest BCUT2D eigenvalue weighted by molar-refractivity contribution is 0.0692. The molecule has 1 atom stereocenters. The molecular weight excluding hydrogens is 272 g/mol. The van der Waals surface area contributed by atoms with Crippen molar-refractivity contribution in [3.05, 3.63) is 17.5 Å². The normalized spacial score (nSPS) is 19.6. The zero-order chi connectivity index (χ0) is 15.6. The van der Waals surface area contributed by atoms with Gasteiger partial charge in [-0.3, -0.25) is 4.90 Å². The van der Waals surface area contributed by atoms with Gasteiger partial charge in [0.15, 0.2) is 0 Å². The first-order valence-electron chi connectivity index (χ1n) is 7.15. The van der Waals surface area contributed by atoms with Crippen molar-refractivity contribution >= 4 is 17.7 Å². The number of carbonyl (C=O) groups is 2. The summed E-state index contributed by atoms with van der Waals surface area (Å²) in [6, 6.07) is 1.69. The van der Waals surface area contributed by atoms with Crippen LogP contribution in [0.1, 0.15) is 30.0 Å². The second-order valence-corrected chi connectivity index (χ2v) is 5.40. The summed E-state index contributed by atoms with van der Waals surface area (Å²) in [5.74, 6) is -1.08. The highest BCUT2D eigenvalue weighted by Crippen LogP contribution is 2.18. The van der Waals surface area contributed by atoms with Gasteiger partial charge < -0.3 is 20.3 Å². The number of H-pyrrole nitrogens is 1. The summed E-state index contributed by atoms with van der Waals surface area (Å²) >= 11 is 0. The van der Waals surface area contributed by atoms with Gasteiger partial charge in [-0.05, 0) is 26.5 Å². The summed E-state index contributed by atoms with van der Waals surface area (Å²) in [7, 11) is 0. The average Bonchev–Trinajstić information content (AvgIpc) is 2.79. The van der Waals surface area contributed by atoms with Gasteiger partial charge in [0, 0.05) is 31.4 Å². The molecule has 0 aliphatic carbocycles. The van der Waals surface area contributed by atoms with Crippen molar-refractivity contribution in [3.63, 3.8) is 0 Å². The lowest BCUT2D eigenvalue weighted by Gasteiger charge is -2.39. The molecule has 0 radical (unpaired) electrons. The predicted molar refractivity (Wildman–Crippen MR) is 79.8 cm³/mol. The Labute approximate surface area is 123 Å². The molecule has 2 heterocycles. The highest BCUT2D eigenvalue weighted by molar-refractivity contribution is 5.99. The molecule has 1 aliphatic rings. The fraction of sp³-hybridized carbons (Fsp3) is 0.571. The number of likely N-dealkylation sites (N-methyl/N-ethyl adjacent to an activating group) is 1. The van der Waals surface area contributed by atoms with Crippen molar-refractivity contribution in [2.45, 2.75) is 26.8 Å². The van der Waals surface area contributed by atoms with Crippen molar-refractivity contribution in [2.75, 3.05) is 31.5 Å². The van der Waals surface area contributed by atoms with E-state index >= 15 is 0 Å². The third kappa shape index (κ3) is 3.36. The number of amides is 2. The third-order valence-electron chi connectivity index (χ3n) is 3.87. The second kappa shape index (κ2) is 6.17. The molecule has 0 bridgehead atoms. The van der Waals surface area contributed by atoms with E-state index in [1.807, 2.05) is 0 Å². The van der Waals surface area contributed by atoms with Crippen LogP contribution in [0.3, 0.4) is 0 Å². The van der Waals surface area contributed by atoms with Crippen LogP contribution in [0.25, 0.3) is 0 Å². The number of carboxylic acid groups (broad SMARTS) is 1. The summed E-state index contributed by atoms with van der Waals surface area (Å²) in [4.78, 5) is 30.2. The van der Waals surface area contributed by atoms with Crippen molar-refractivity contribution < 1.29 is 14.7 Å². The molecule has 116 valence electrons. The third-order valence-corrected chi connectivity index (χ3v) is 3.87. The standard InChI is InChI=1S/C14H22N4O3/c1-4-17-5-6-18(8-10(17)3)14(21)16-11-7-9(2)15-12(11)13(19)20/h7,10,15H,4-6,8H2,1-3H3,(H,16,21)(H,19,20). The number of carboxylic acids is 1. The van der Waals surface area contributed by atoms with Gasteiger partial charge in [-0.25, -0.2) is 9.59 Å². The molecule has 1 unspecified atom stereocenters. The van der Waals surface area contributed by atoms with Crippen LogP contribution in [0.4, 0.5) is 10.5 Å². The van der Waals surface area contributed by atoms with Gasteiger partial charge in [-0.15, -0.1) is 0 Å². The van der Waals surface area contributed by atoms with E-state index < -0.39 is 5.97 Å². The predicted octanol–water partition coefficient (Wildman–Crippen LogP) is 1.58. The number of hydrogen-bond acceptors (Lipinski definition) is 3. The van der Waals surface area contributed by atoms with E-state index in [2.05, 4.69) is 29.0 Å². The minimum atomic E-state index is -1.08. The summed E-state index contributed by atoms with van der Waals surface area (Å²) < 4.78 is 0. The van der Waals surface area contributed by atoms with Crippen LogP contribution < -0.4 is 5.32 Å². The molecule has 7 nitrogen and oxygen atoms in total. The zero-order valence-corrected chi connectivity index (χ0v) is 12.6. The van der Waals surface area contributed by atoms with E-state index in [1.165, 1.54) is 0 Å². The Morgan fingerprint density at radius 3 is 2.76 bits per heavy atom. The monoisotopic (exact) mass is 294 g/mol. The maximum Gasteiger partial charge on any atom is 0.354 e. The summed E-state index contributed by atoms with van der Waals surface area (Å²) in [5.41, 5.74) is 1.03. The van der Waals surface area contributed by atoms with E-state index in [4.69, 9.17) is 5.11 Å². The summed E-state index contributed by atoms with van der Waals surface area (Å²) in [6.07, 6.45) is 0. The number of nitrogens with one attached hydrogen (secondary N) is 2. The number of piperazine rings is 1. The number of aromatic carboxylic acids is 1. The molecule has 0 aromatic carbocycles. The molecule has 2 amide bonds. The van der Waals surface area contributed by atoms with Crippen LogP contribution >= 0.6 is 0 Å². The van der Waals surface area contributed by atoms with E-state index in [0.29, 0.717) is 30.5 Å². The largest absolute Gasteiger partial charge is 0.477 e. The molecule has 1 aromatic heterocycles. The lowest BCUT2D eigenvalue weighted by atomic mass is 10.2. The number of hydrogen-bond donors (Lipinski definition) is 3. The van der Waals surface area contributed by atoms with Gasteiger partial charge in [0.25, 0.3) is 0 Å². The van der Waals surface area contributed by atoms with Crippen LogP contribution in [-0.2, 0) is 0 Å². The molecule has 21 heavy (non-hydrogen) atoms. The molecule has 1 aliphatic heterocycles.